The molecule has 4 aromatic rings. The van der Waals surface area contributed by atoms with Crippen molar-refractivity contribution < 1.29 is 4.39 Å². The smallest absolute Gasteiger partial charge is 0.266 e. The van der Waals surface area contributed by atoms with Gasteiger partial charge in [0.2, 0.25) is 4.96 Å². The summed E-state index contributed by atoms with van der Waals surface area (Å²) in [6.07, 6.45) is 1.65. The molecule has 2 heterocycles. The van der Waals surface area contributed by atoms with Crippen LogP contribution in [0.2, 0.25) is 0 Å². The molecule has 4 nitrogen and oxygen atoms in total. The van der Waals surface area contributed by atoms with Crippen molar-refractivity contribution in [1.29, 1.82) is 0 Å². The maximum Gasteiger partial charge on any atom is 0.291 e. The Bertz CT molecular complexity index is 1160. The third-order valence-electron chi connectivity index (χ3n) is 3.71. The van der Waals surface area contributed by atoms with Gasteiger partial charge in [0.05, 0.1) is 4.53 Å². The second-order valence-corrected chi connectivity index (χ2v) is 6.42. The first-order chi connectivity index (χ1) is 11.6. The summed E-state index contributed by atoms with van der Waals surface area (Å²) in [6, 6.07) is 13.9. The summed E-state index contributed by atoms with van der Waals surface area (Å²) in [7, 11) is 0. The van der Waals surface area contributed by atoms with Crippen LogP contribution >= 0.6 is 11.3 Å². The molecule has 6 heteroatoms. The highest BCUT2D eigenvalue weighted by Crippen LogP contribution is 2.20. The van der Waals surface area contributed by atoms with Crippen LogP contribution in [-0.2, 0) is 0 Å². The lowest BCUT2D eigenvalue weighted by atomic mass is 10.1. The van der Waals surface area contributed by atoms with Crippen LogP contribution in [0.15, 0.2) is 53.3 Å². The molecule has 2 aromatic heterocycles. The van der Waals surface area contributed by atoms with Gasteiger partial charge in [-0.15, -0.1) is 5.10 Å². The predicted molar refractivity (Wildman–Crippen MR) is 92.5 cm³/mol. The zero-order chi connectivity index (χ0) is 16.7. The third kappa shape index (κ3) is 2.51. The van der Waals surface area contributed by atoms with E-state index in [2.05, 4.69) is 10.1 Å². The molecule has 0 aliphatic heterocycles. The Morgan fingerprint density at radius 2 is 2.00 bits per heavy atom. The molecular weight excluding hydrogens is 325 g/mol. The number of hydrogen-bond donors (Lipinski definition) is 0. The predicted octanol–water partition coefficient (Wildman–Crippen LogP) is 2.81. The molecule has 0 radical (unpaired) electrons. The van der Waals surface area contributed by atoms with Crippen molar-refractivity contribution in [3.63, 3.8) is 0 Å². The Morgan fingerprint density at radius 1 is 1.17 bits per heavy atom. The van der Waals surface area contributed by atoms with Crippen molar-refractivity contribution in [1.82, 2.24) is 14.6 Å². The zero-order valence-corrected chi connectivity index (χ0v) is 13.5. The Morgan fingerprint density at radius 3 is 2.75 bits per heavy atom. The lowest BCUT2D eigenvalue weighted by molar-refractivity contribution is 0.627. The maximum atomic E-state index is 13.3. The number of halogens is 1. The number of benzene rings is 2. The van der Waals surface area contributed by atoms with Gasteiger partial charge in [-0.05, 0) is 36.3 Å². The van der Waals surface area contributed by atoms with Crippen molar-refractivity contribution in [2.24, 2.45) is 0 Å². The molecule has 0 atom stereocenters. The Hall–Kier alpha value is -2.86. The highest BCUT2D eigenvalue weighted by Gasteiger charge is 2.13. The molecule has 0 fully saturated rings. The van der Waals surface area contributed by atoms with Crippen LogP contribution in [0, 0.1) is 12.7 Å². The lowest BCUT2D eigenvalue weighted by Crippen LogP contribution is -2.23. The van der Waals surface area contributed by atoms with Gasteiger partial charge in [-0.25, -0.2) is 4.39 Å². The Labute approximate surface area is 140 Å². The van der Waals surface area contributed by atoms with Gasteiger partial charge >= 0.3 is 0 Å². The number of aryl methyl sites for hydroxylation is 1. The first-order valence-corrected chi connectivity index (χ1v) is 8.16. The maximum absolute atomic E-state index is 13.3. The van der Waals surface area contributed by atoms with E-state index in [-0.39, 0.29) is 11.4 Å². The second-order valence-electron chi connectivity index (χ2n) is 5.42. The molecule has 0 aliphatic carbocycles. The van der Waals surface area contributed by atoms with Gasteiger partial charge in [-0.2, -0.15) is 9.50 Å². The van der Waals surface area contributed by atoms with Crippen molar-refractivity contribution in [3.05, 3.63) is 80.4 Å². The molecule has 0 spiro atoms. The van der Waals surface area contributed by atoms with E-state index in [1.807, 2.05) is 31.2 Å². The summed E-state index contributed by atoms with van der Waals surface area (Å²) >= 11 is 1.24. The van der Waals surface area contributed by atoms with Crippen LogP contribution in [-0.4, -0.2) is 14.6 Å². The van der Waals surface area contributed by atoms with E-state index < -0.39 is 0 Å². The fraction of sp³-hybridized carbons (Fsp3) is 0.0556. The van der Waals surface area contributed by atoms with Gasteiger partial charge in [0, 0.05) is 5.56 Å². The molecule has 2 aromatic carbocycles. The molecule has 0 amide bonds. The van der Waals surface area contributed by atoms with Gasteiger partial charge in [0.15, 0.2) is 5.82 Å². The Balaban J connectivity index is 1.85. The third-order valence-corrected chi connectivity index (χ3v) is 4.67. The van der Waals surface area contributed by atoms with Crippen molar-refractivity contribution in [2.75, 3.05) is 0 Å². The number of rotatable bonds is 2. The quantitative estimate of drug-likeness (QED) is 0.565. The van der Waals surface area contributed by atoms with Crippen LogP contribution in [0.25, 0.3) is 22.4 Å². The fourth-order valence-electron chi connectivity index (χ4n) is 2.52. The average molecular weight is 337 g/mol. The average Bonchev–Trinajstić information content (AvgIpc) is 3.08. The summed E-state index contributed by atoms with van der Waals surface area (Å²) in [4.78, 5) is 17.5. The molecule has 0 unspecified atom stereocenters. The van der Waals surface area contributed by atoms with Crippen LogP contribution in [0.1, 0.15) is 11.1 Å². The molecule has 0 saturated carbocycles. The van der Waals surface area contributed by atoms with E-state index >= 15 is 0 Å². The summed E-state index contributed by atoms with van der Waals surface area (Å²) in [5.74, 6) is 0.200. The largest absolute Gasteiger partial charge is 0.291 e. The van der Waals surface area contributed by atoms with Crippen LogP contribution in [0.3, 0.4) is 0 Å². The van der Waals surface area contributed by atoms with Crippen LogP contribution in [0.5, 0.6) is 0 Å². The lowest BCUT2D eigenvalue weighted by Gasteiger charge is -1.98. The zero-order valence-electron chi connectivity index (χ0n) is 12.7. The highest BCUT2D eigenvalue weighted by molar-refractivity contribution is 7.15. The van der Waals surface area contributed by atoms with E-state index in [1.54, 1.807) is 18.2 Å². The van der Waals surface area contributed by atoms with Gasteiger partial charge in [-0.1, -0.05) is 47.7 Å². The standard InChI is InChI=1S/C18H12FN3OS/c1-11-5-2-3-8-14(11)16-20-18-22(21-16)17(23)15(24-18)10-12-6-4-7-13(19)9-12/h2-10H,1H3. The number of aromatic nitrogens is 3. The highest BCUT2D eigenvalue weighted by atomic mass is 32.1. The molecule has 0 bridgehead atoms. The van der Waals surface area contributed by atoms with Gasteiger partial charge in [0.1, 0.15) is 5.82 Å². The molecule has 0 aliphatic rings. The first-order valence-electron chi connectivity index (χ1n) is 7.35. The van der Waals surface area contributed by atoms with Gasteiger partial charge in [0.25, 0.3) is 5.56 Å². The second kappa shape index (κ2) is 5.65. The van der Waals surface area contributed by atoms with Gasteiger partial charge in [-0.3, -0.25) is 4.79 Å². The number of fused-ring (bicyclic) bond motifs is 1. The van der Waals surface area contributed by atoms with E-state index in [9.17, 15) is 9.18 Å². The van der Waals surface area contributed by atoms with Gasteiger partial charge < -0.3 is 0 Å². The van der Waals surface area contributed by atoms with Crippen molar-refractivity contribution in [2.45, 2.75) is 6.92 Å². The van der Waals surface area contributed by atoms with Crippen LogP contribution in [0.4, 0.5) is 4.39 Å². The monoisotopic (exact) mass is 337 g/mol. The molecule has 24 heavy (non-hydrogen) atoms. The van der Waals surface area contributed by atoms with Crippen molar-refractivity contribution >= 4 is 22.4 Å². The van der Waals surface area contributed by atoms with Crippen molar-refractivity contribution in [3.8, 4) is 11.4 Å². The first kappa shape index (κ1) is 14.7. The SMILES string of the molecule is Cc1ccccc1-c1nc2sc(=Cc3cccc(F)c3)c(=O)n2n1. The summed E-state index contributed by atoms with van der Waals surface area (Å²) in [5.41, 5.74) is 2.35. The van der Waals surface area contributed by atoms with E-state index in [1.165, 1.54) is 28.0 Å². The minimum absolute atomic E-state index is 0.244. The molecule has 118 valence electrons. The van der Waals surface area contributed by atoms with E-state index in [4.69, 9.17) is 0 Å². The summed E-state index contributed by atoms with van der Waals surface area (Å²) < 4.78 is 15.1. The number of nitrogens with zero attached hydrogens (tertiary/aromatic N) is 3. The normalized spacial score (nSPS) is 12.2. The minimum Gasteiger partial charge on any atom is -0.266 e. The fourth-order valence-corrected chi connectivity index (χ4v) is 3.43. The number of hydrogen-bond acceptors (Lipinski definition) is 4. The Kier molecular flexibility index (Phi) is 3.46. The minimum atomic E-state index is -0.336. The summed E-state index contributed by atoms with van der Waals surface area (Å²) in [6.45, 7) is 1.98. The molecule has 0 saturated heterocycles. The van der Waals surface area contributed by atoms with E-state index in [0.29, 0.717) is 20.9 Å². The molecular formula is C18H12FN3OS. The number of thiazole rings is 1. The summed E-state index contributed by atoms with van der Waals surface area (Å²) in [5, 5.41) is 4.33. The molecule has 0 N–H and O–H groups in total. The molecule has 4 rings (SSSR count). The van der Waals surface area contributed by atoms with E-state index in [0.717, 1.165) is 11.1 Å². The van der Waals surface area contributed by atoms with Crippen LogP contribution < -0.4 is 10.1 Å². The topological polar surface area (TPSA) is 47.3 Å².